The maximum absolute atomic E-state index is 12.9. The van der Waals surface area contributed by atoms with Gasteiger partial charge in [-0.15, -0.1) is 0 Å². The first-order valence-electron chi connectivity index (χ1n) is 7.31. The maximum Gasteiger partial charge on any atom is 0.269 e. The first-order valence-corrected chi connectivity index (χ1v) is 8.82. The molecule has 1 amide bonds. The minimum absolute atomic E-state index is 0.192. The number of ketones is 1. The molecule has 0 saturated carbocycles. The number of aromatic amines is 1. The number of hydrogen-bond donors (Lipinski definition) is 2. The van der Waals surface area contributed by atoms with Crippen LogP contribution in [0.1, 0.15) is 16.1 Å². The molecule has 0 radical (unpaired) electrons. The molecule has 3 rings (SSSR count). The Morgan fingerprint density at radius 2 is 1.65 bits per heavy atom. The van der Waals surface area contributed by atoms with Crippen molar-refractivity contribution in [1.29, 1.82) is 0 Å². The standard InChI is InChI=1S/C18H10Cl4N2O2/c19-10-6-7-11-12(8-10)23-15(16(25)9-4-2-1-3-5-9)14(11)24-18(26)13(20)17(21)22/h1-8,23H,(H,24,26). The molecule has 2 N–H and O–H groups in total. The Bertz CT molecular complexity index is 1040. The fourth-order valence-electron chi connectivity index (χ4n) is 2.46. The molecule has 0 unspecified atom stereocenters. The van der Waals surface area contributed by atoms with Crippen molar-refractivity contribution in [3.63, 3.8) is 0 Å². The molecule has 1 aromatic heterocycles. The van der Waals surface area contributed by atoms with E-state index in [0.29, 0.717) is 21.5 Å². The van der Waals surface area contributed by atoms with Gasteiger partial charge < -0.3 is 10.3 Å². The van der Waals surface area contributed by atoms with Crippen molar-refractivity contribution in [1.82, 2.24) is 4.98 Å². The Morgan fingerprint density at radius 3 is 2.31 bits per heavy atom. The molecule has 0 spiro atoms. The molecular formula is C18H10Cl4N2O2. The summed E-state index contributed by atoms with van der Waals surface area (Å²) in [6.45, 7) is 0. The van der Waals surface area contributed by atoms with Gasteiger partial charge in [-0.25, -0.2) is 0 Å². The summed E-state index contributed by atoms with van der Waals surface area (Å²) in [6, 6.07) is 13.6. The van der Waals surface area contributed by atoms with Gasteiger partial charge in [0.25, 0.3) is 5.91 Å². The predicted octanol–water partition coefficient (Wildman–Crippen LogP) is 5.88. The van der Waals surface area contributed by atoms with Crippen LogP contribution in [0.5, 0.6) is 0 Å². The van der Waals surface area contributed by atoms with Crippen LogP contribution in [0.3, 0.4) is 0 Å². The lowest BCUT2D eigenvalue weighted by Gasteiger charge is -2.07. The number of hydrogen-bond acceptors (Lipinski definition) is 2. The minimum Gasteiger partial charge on any atom is -0.350 e. The Hall–Kier alpha value is -1.98. The van der Waals surface area contributed by atoms with Crippen molar-refractivity contribution in [2.75, 3.05) is 5.32 Å². The number of halogens is 4. The average molecular weight is 428 g/mol. The number of rotatable bonds is 4. The van der Waals surface area contributed by atoms with E-state index < -0.39 is 5.91 Å². The summed E-state index contributed by atoms with van der Waals surface area (Å²) in [7, 11) is 0. The van der Waals surface area contributed by atoms with Crippen molar-refractivity contribution >= 4 is 74.7 Å². The van der Waals surface area contributed by atoms with Crippen LogP contribution < -0.4 is 5.32 Å². The third-order valence-electron chi connectivity index (χ3n) is 3.63. The summed E-state index contributed by atoms with van der Waals surface area (Å²) in [4.78, 5) is 28.1. The van der Waals surface area contributed by atoms with E-state index >= 15 is 0 Å². The highest BCUT2D eigenvalue weighted by molar-refractivity contribution is 6.63. The summed E-state index contributed by atoms with van der Waals surface area (Å²) >= 11 is 22.9. The molecule has 0 atom stereocenters. The summed E-state index contributed by atoms with van der Waals surface area (Å²) < 4.78 is -0.372. The van der Waals surface area contributed by atoms with Crippen molar-refractivity contribution in [3.05, 3.63) is 74.3 Å². The molecule has 0 aliphatic heterocycles. The lowest BCUT2D eigenvalue weighted by atomic mass is 10.1. The summed E-state index contributed by atoms with van der Waals surface area (Å²) in [5.74, 6) is -1.03. The highest BCUT2D eigenvalue weighted by Gasteiger charge is 2.22. The number of nitrogens with one attached hydrogen (secondary N) is 2. The van der Waals surface area contributed by atoms with Crippen molar-refractivity contribution in [2.24, 2.45) is 0 Å². The number of benzene rings is 2. The van der Waals surface area contributed by atoms with E-state index in [1.54, 1.807) is 48.5 Å². The Kier molecular flexibility index (Phi) is 5.58. The molecule has 2 aromatic carbocycles. The van der Waals surface area contributed by atoms with E-state index in [2.05, 4.69) is 10.3 Å². The quantitative estimate of drug-likeness (QED) is 0.403. The van der Waals surface area contributed by atoms with Gasteiger partial charge in [0, 0.05) is 21.5 Å². The van der Waals surface area contributed by atoms with Gasteiger partial charge in [0.1, 0.15) is 15.2 Å². The third-order valence-corrected chi connectivity index (χ3v) is 4.79. The molecule has 3 aromatic rings. The SMILES string of the molecule is O=C(Nc1c(C(=O)c2ccccc2)[nH]c2cc(Cl)ccc12)C(Cl)=C(Cl)Cl. The smallest absolute Gasteiger partial charge is 0.269 e. The number of anilines is 1. The van der Waals surface area contributed by atoms with Gasteiger partial charge in [0.2, 0.25) is 5.78 Å². The molecule has 0 bridgehead atoms. The molecule has 0 fully saturated rings. The first-order chi connectivity index (χ1) is 12.4. The van der Waals surface area contributed by atoms with E-state index in [9.17, 15) is 9.59 Å². The molecular weight excluding hydrogens is 418 g/mol. The molecule has 8 heteroatoms. The highest BCUT2D eigenvalue weighted by atomic mass is 35.5. The number of amides is 1. The van der Waals surface area contributed by atoms with Crippen molar-refractivity contribution in [2.45, 2.75) is 0 Å². The maximum atomic E-state index is 12.9. The second-order valence-corrected chi connectivity index (χ2v) is 7.05. The van der Waals surface area contributed by atoms with Crippen LogP contribution in [0, 0.1) is 0 Å². The van der Waals surface area contributed by atoms with Crippen molar-refractivity contribution < 1.29 is 9.59 Å². The van der Waals surface area contributed by atoms with Crippen LogP contribution in [0.15, 0.2) is 58.1 Å². The monoisotopic (exact) mass is 426 g/mol. The molecule has 0 aliphatic rings. The fraction of sp³-hybridized carbons (Fsp3) is 0. The second-order valence-electron chi connectivity index (χ2n) is 5.29. The Balaban J connectivity index is 2.14. The Labute approximate surface area is 168 Å². The minimum atomic E-state index is -0.732. The first kappa shape index (κ1) is 18.8. The zero-order chi connectivity index (χ0) is 18.8. The van der Waals surface area contributed by atoms with Gasteiger partial charge in [-0.05, 0) is 18.2 Å². The van der Waals surface area contributed by atoms with Gasteiger partial charge in [-0.1, -0.05) is 76.7 Å². The van der Waals surface area contributed by atoms with Gasteiger partial charge in [0.05, 0.1) is 5.69 Å². The number of H-pyrrole nitrogens is 1. The zero-order valence-electron chi connectivity index (χ0n) is 12.9. The summed E-state index contributed by atoms with van der Waals surface area (Å²) in [6.07, 6.45) is 0. The number of aromatic nitrogens is 1. The van der Waals surface area contributed by atoms with Gasteiger partial charge in [-0.2, -0.15) is 0 Å². The molecule has 132 valence electrons. The van der Waals surface area contributed by atoms with Gasteiger partial charge in [-0.3, -0.25) is 9.59 Å². The van der Waals surface area contributed by atoms with Crippen LogP contribution in [0.2, 0.25) is 5.02 Å². The second kappa shape index (κ2) is 7.72. The van der Waals surface area contributed by atoms with E-state index in [0.717, 1.165) is 0 Å². The van der Waals surface area contributed by atoms with E-state index in [1.807, 2.05) is 0 Å². The molecule has 26 heavy (non-hydrogen) atoms. The topological polar surface area (TPSA) is 62.0 Å². The lowest BCUT2D eigenvalue weighted by Crippen LogP contribution is -2.15. The fourth-order valence-corrected chi connectivity index (χ4v) is 2.85. The van der Waals surface area contributed by atoms with Crippen LogP contribution in [0.25, 0.3) is 10.9 Å². The lowest BCUT2D eigenvalue weighted by molar-refractivity contribution is -0.112. The number of carbonyl (C=O) groups excluding carboxylic acids is 2. The number of carbonyl (C=O) groups is 2. The average Bonchev–Trinajstić information content (AvgIpc) is 2.98. The van der Waals surface area contributed by atoms with Crippen LogP contribution >= 0.6 is 46.4 Å². The van der Waals surface area contributed by atoms with Gasteiger partial charge >= 0.3 is 0 Å². The van der Waals surface area contributed by atoms with E-state index in [-0.39, 0.29) is 26.7 Å². The molecule has 4 nitrogen and oxygen atoms in total. The summed E-state index contributed by atoms with van der Waals surface area (Å²) in [5, 5.41) is 3.29. The zero-order valence-corrected chi connectivity index (χ0v) is 16.0. The van der Waals surface area contributed by atoms with E-state index in [1.165, 1.54) is 0 Å². The van der Waals surface area contributed by atoms with Crippen LogP contribution in [0.4, 0.5) is 5.69 Å². The van der Waals surface area contributed by atoms with Crippen LogP contribution in [-0.2, 0) is 4.79 Å². The largest absolute Gasteiger partial charge is 0.350 e. The highest BCUT2D eigenvalue weighted by Crippen LogP contribution is 2.32. The molecule has 0 saturated heterocycles. The summed E-state index contributed by atoms with van der Waals surface area (Å²) in [5.41, 5.74) is 1.50. The van der Waals surface area contributed by atoms with Crippen molar-refractivity contribution in [3.8, 4) is 0 Å². The predicted molar refractivity (Wildman–Crippen MR) is 106 cm³/mol. The molecule has 1 heterocycles. The van der Waals surface area contributed by atoms with E-state index in [4.69, 9.17) is 46.4 Å². The Morgan fingerprint density at radius 1 is 0.962 bits per heavy atom. The molecule has 0 aliphatic carbocycles. The third kappa shape index (κ3) is 3.74. The number of fused-ring (bicyclic) bond motifs is 1. The normalized spacial score (nSPS) is 10.6. The van der Waals surface area contributed by atoms with Crippen LogP contribution in [-0.4, -0.2) is 16.7 Å². The van der Waals surface area contributed by atoms with Gasteiger partial charge in [0.15, 0.2) is 0 Å².